The molecule has 0 fully saturated rings. The molecular formula is C14H18F3N3. The van der Waals surface area contributed by atoms with Crippen LogP contribution in [0, 0.1) is 17.5 Å². The molecular weight excluding hydrogens is 267 g/mol. The summed E-state index contributed by atoms with van der Waals surface area (Å²) in [6.07, 6.45) is 3.41. The number of aryl methyl sites for hydroxylation is 1. The molecule has 2 aromatic rings. The van der Waals surface area contributed by atoms with E-state index in [4.69, 9.17) is 0 Å². The summed E-state index contributed by atoms with van der Waals surface area (Å²) < 4.78 is 41.4. The van der Waals surface area contributed by atoms with E-state index in [9.17, 15) is 13.2 Å². The minimum atomic E-state index is -0.905. The number of nitrogens with zero attached hydrogens (tertiary/aromatic N) is 3. The highest BCUT2D eigenvalue weighted by Crippen LogP contribution is 2.26. The lowest BCUT2D eigenvalue weighted by Gasteiger charge is -2.13. The first-order chi connectivity index (χ1) is 9.58. The smallest absolute Gasteiger partial charge is 0.137 e. The maximum atomic E-state index is 13.5. The van der Waals surface area contributed by atoms with Gasteiger partial charge in [-0.1, -0.05) is 20.8 Å². The highest BCUT2D eigenvalue weighted by atomic mass is 19.1. The molecule has 0 aliphatic rings. The monoisotopic (exact) mass is 285 g/mol. The molecule has 20 heavy (non-hydrogen) atoms. The van der Waals surface area contributed by atoms with Crippen LogP contribution in [0.15, 0.2) is 24.8 Å². The average Bonchev–Trinajstić information content (AvgIpc) is 2.90. The number of aromatic nitrogens is 3. The molecule has 3 nitrogen and oxygen atoms in total. The van der Waals surface area contributed by atoms with Crippen LogP contribution < -0.4 is 0 Å². The molecule has 2 rings (SSSR count). The Labute approximate surface area is 116 Å². The van der Waals surface area contributed by atoms with E-state index >= 15 is 0 Å². The first-order valence-corrected chi connectivity index (χ1v) is 6.54. The van der Waals surface area contributed by atoms with Crippen molar-refractivity contribution in [1.82, 2.24) is 14.8 Å². The molecule has 1 atom stereocenters. The molecule has 1 aromatic heterocycles. The summed E-state index contributed by atoms with van der Waals surface area (Å²) in [5.74, 6) is -2.97. The van der Waals surface area contributed by atoms with Gasteiger partial charge in [0.1, 0.15) is 30.1 Å². The summed E-state index contributed by atoms with van der Waals surface area (Å²) in [6, 6.07) is 1.40. The van der Waals surface area contributed by atoms with Crippen molar-refractivity contribution in [3.63, 3.8) is 0 Å². The molecule has 0 radical (unpaired) electrons. The minimum Gasteiger partial charge on any atom is -0.253 e. The SMILES string of the molecule is CC.CC(CCn1cncn1)c1c(F)cc(F)cc1F. The number of hydrogen-bond acceptors (Lipinski definition) is 2. The lowest BCUT2D eigenvalue weighted by Crippen LogP contribution is -2.07. The van der Waals surface area contributed by atoms with E-state index < -0.39 is 17.5 Å². The molecule has 0 aliphatic carbocycles. The molecule has 1 heterocycles. The Morgan fingerprint density at radius 2 is 1.75 bits per heavy atom. The Hall–Kier alpha value is -1.85. The second-order valence-electron chi connectivity index (χ2n) is 4.13. The van der Waals surface area contributed by atoms with E-state index in [-0.39, 0.29) is 11.5 Å². The van der Waals surface area contributed by atoms with Crippen molar-refractivity contribution < 1.29 is 13.2 Å². The second kappa shape index (κ2) is 7.67. The van der Waals surface area contributed by atoms with Gasteiger partial charge in [-0.2, -0.15) is 5.10 Å². The van der Waals surface area contributed by atoms with Crippen LogP contribution in [0.3, 0.4) is 0 Å². The van der Waals surface area contributed by atoms with Gasteiger partial charge in [-0.3, -0.25) is 4.68 Å². The van der Waals surface area contributed by atoms with E-state index in [2.05, 4.69) is 10.1 Å². The van der Waals surface area contributed by atoms with Gasteiger partial charge in [0, 0.05) is 24.2 Å². The summed E-state index contributed by atoms with van der Waals surface area (Å²) in [5.41, 5.74) is -0.0866. The zero-order chi connectivity index (χ0) is 15.1. The quantitative estimate of drug-likeness (QED) is 0.852. The molecule has 110 valence electrons. The predicted molar refractivity (Wildman–Crippen MR) is 70.7 cm³/mol. The van der Waals surface area contributed by atoms with Crippen LogP contribution in [0.5, 0.6) is 0 Å². The molecule has 1 unspecified atom stereocenters. The fourth-order valence-electron chi connectivity index (χ4n) is 1.84. The van der Waals surface area contributed by atoms with Crippen LogP contribution in [-0.4, -0.2) is 14.8 Å². The van der Waals surface area contributed by atoms with Gasteiger partial charge in [-0.05, 0) is 12.3 Å². The Bertz CT molecular complexity index is 503. The summed E-state index contributed by atoms with van der Waals surface area (Å²) in [7, 11) is 0. The third-order valence-corrected chi connectivity index (χ3v) is 2.79. The van der Waals surface area contributed by atoms with Gasteiger partial charge in [0.2, 0.25) is 0 Å². The van der Waals surface area contributed by atoms with Crippen LogP contribution in [0.25, 0.3) is 0 Å². The van der Waals surface area contributed by atoms with Crippen LogP contribution in [0.2, 0.25) is 0 Å². The van der Waals surface area contributed by atoms with E-state index in [0.29, 0.717) is 25.1 Å². The lowest BCUT2D eigenvalue weighted by atomic mass is 9.96. The van der Waals surface area contributed by atoms with Gasteiger partial charge >= 0.3 is 0 Å². The summed E-state index contributed by atoms with van der Waals surface area (Å²) in [6.45, 7) is 6.19. The summed E-state index contributed by atoms with van der Waals surface area (Å²) >= 11 is 0. The molecule has 0 aliphatic heterocycles. The largest absolute Gasteiger partial charge is 0.253 e. The number of hydrogen-bond donors (Lipinski definition) is 0. The molecule has 0 amide bonds. The summed E-state index contributed by atoms with van der Waals surface area (Å²) in [4.78, 5) is 3.77. The summed E-state index contributed by atoms with van der Waals surface area (Å²) in [5, 5.41) is 3.90. The molecule has 0 saturated carbocycles. The molecule has 0 spiro atoms. The van der Waals surface area contributed by atoms with Crippen molar-refractivity contribution in [3.05, 3.63) is 47.8 Å². The van der Waals surface area contributed by atoms with Crippen LogP contribution in [-0.2, 0) is 6.54 Å². The lowest BCUT2D eigenvalue weighted by molar-refractivity contribution is 0.474. The zero-order valence-electron chi connectivity index (χ0n) is 11.8. The maximum absolute atomic E-state index is 13.5. The van der Waals surface area contributed by atoms with Gasteiger partial charge in [-0.15, -0.1) is 0 Å². The van der Waals surface area contributed by atoms with E-state index in [1.165, 1.54) is 12.7 Å². The van der Waals surface area contributed by atoms with Crippen molar-refractivity contribution in [3.8, 4) is 0 Å². The van der Waals surface area contributed by atoms with Crippen molar-refractivity contribution in [2.24, 2.45) is 0 Å². The minimum absolute atomic E-state index is 0.0866. The van der Waals surface area contributed by atoms with Gasteiger partial charge in [-0.25, -0.2) is 18.2 Å². The van der Waals surface area contributed by atoms with Gasteiger partial charge in [0.15, 0.2) is 0 Å². The number of halogens is 3. The van der Waals surface area contributed by atoms with Crippen LogP contribution in [0.4, 0.5) is 13.2 Å². The zero-order valence-corrected chi connectivity index (χ0v) is 11.8. The molecule has 0 saturated heterocycles. The highest BCUT2D eigenvalue weighted by Gasteiger charge is 2.17. The molecule has 0 N–H and O–H groups in total. The number of rotatable bonds is 4. The third kappa shape index (κ3) is 4.08. The second-order valence-corrected chi connectivity index (χ2v) is 4.13. The Balaban J connectivity index is 0.000000956. The number of benzene rings is 1. The molecule has 1 aromatic carbocycles. The van der Waals surface area contributed by atoms with E-state index in [1.807, 2.05) is 13.8 Å². The topological polar surface area (TPSA) is 30.7 Å². The van der Waals surface area contributed by atoms with Crippen LogP contribution >= 0.6 is 0 Å². The first-order valence-electron chi connectivity index (χ1n) is 6.54. The third-order valence-electron chi connectivity index (χ3n) is 2.79. The van der Waals surface area contributed by atoms with Gasteiger partial charge in [0.25, 0.3) is 0 Å². The first kappa shape index (κ1) is 16.2. The standard InChI is InChI=1S/C12H12F3N3.C2H6/c1-8(2-3-18-7-16-6-17-18)12-10(14)4-9(13)5-11(12)15;1-2/h4-8H,2-3H2,1H3;1-2H3. The molecule has 0 bridgehead atoms. The Morgan fingerprint density at radius 1 is 1.15 bits per heavy atom. The Morgan fingerprint density at radius 3 is 2.25 bits per heavy atom. The van der Waals surface area contributed by atoms with E-state index in [0.717, 1.165) is 0 Å². The Kier molecular flexibility index (Phi) is 6.21. The normalized spacial score (nSPS) is 11.7. The average molecular weight is 285 g/mol. The van der Waals surface area contributed by atoms with Crippen molar-refractivity contribution >= 4 is 0 Å². The predicted octanol–water partition coefficient (Wildman–Crippen LogP) is 3.92. The van der Waals surface area contributed by atoms with Crippen molar-refractivity contribution in [2.45, 2.75) is 39.7 Å². The van der Waals surface area contributed by atoms with Gasteiger partial charge < -0.3 is 0 Å². The fourth-order valence-corrected chi connectivity index (χ4v) is 1.84. The van der Waals surface area contributed by atoms with Crippen molar-refractivity contribution in [2.75, 3.05) is 0 Å². The van der Waals surface area contributed by atoms with Crippen molar-refractivity contribution in [1.29, 1.82) is 0 Å². The fraction of sp³-hybridized carbons (Fsp3) is 0.429. The van der Waals surface area contributed by atoms with E-state index in [1.54, 1.807) is 11.6 Å². The highest BCUT2D eigenvalue weighted by molar-refractivity contribution is 5.24. The maximum Gasteiger partial charge on any atom is 0.137 e. The van der Waals surface area contributed by atoms with Gasteiger partial charge in [0.05, 0.1) is 0 Å². The van der Waals surface area contributed by atoms with Crippen LogP contribution in [0.1, 0.15) is 38.7 Å². The molecule has 6 heteroatoms.